The Balaban J connectivity index is 3.86. The van der Waals surface area contributed by atoms with Crippen LogP contribution in [-0.2, 0) is 4.79 Å². The SMILES string of the molecule is C=C(CC(C)(C)C)C(=O)NCCC(C)C. The van der Waals surface area contributed by atoms with E-state index in [1.165, 1.54) is 0 Å². The lowest BCUT2D eigenvalue weighted by atomic mass is 9.88. The Labute approximate surface area is 94.1 Å². The normalized spacial score (nSPS) is 11.6. The molecule has 0 aliphatic heterocycles. The van der Waals surface area contributed by atoms with Crippen LogP contribution < -0.4 is 5.32 Å². The third-order valence-electron chi connectivity index (χ3n) is 2.07. The fourth-order valence-corrected chi connectivity index (χ4v) is 1.32. The molecule has 0 bridgehead atoms. The number of nitrogens with one attached hydrogen (secondary N) is 1. The van der Waals surface area contributed by atoms with Crippen LogP contribution in [0.15, 0.2) is 12.2 Å². The molecule has 0 aliphatic rings. The molecule has 0 radical (unpaired) electrons. The van der Waals surface area contributed by atoms with Gasteiger partial charge in [-0.15, -0.1) is 0 Å². The molecule has 0 aromatic heterocycles. The molecule has 15 heavy (non-hydrogen) atoms. The molecule has 2 nitrogen and oxygen atoms in total. The number of hydrogen-bond acceptors (Lipinski definition) is 1. The molecule has 0 aromatic rings. The Morgan fingerprint density at radius 2 is 1.87 bits per heavy atom. The lowest BCUT2D eigenvalue weighted by molar-refractivity contribution is -0.117. The van der Waals surface area contributed by atoms with E-state index in [0.29, 0.717) is 11.5 Å². The van der Waals surface area contributed by atoms with Gasteiger partial charge in [0.05, 0.1) is 0 Å². The third-order valence-corrected chi connectivity index (χ3v) is 2.07. The Kier molecular flexibility index (Phi) is 5.63. The highest BCUT2D eigenvalue weighted by Crippen LogP contribution is 2.22. The van der Waals surface area contributed by atoms with Crippen LogP contribution in [-0.4, -0.2) is 12.5 Å². The first-order valence-electron chi connectivity index (χ1n) is 5.68. The number of amides is 1. The van der Waals surface area contributed by atoms with E-state index in [1.54, 1.807) is 0 Å². The minimum Gasteiger partial charge on any atom is -0.352 e. The van der Waals surface area contributed by atoms with E-state index in [9.17, 15) is 4.79 Å². The molecule has 0 rings (SSSR count). The summed E-state index contributed by atoms with van der Waals surface area (Å²) in [5.41, 5.74) is 0.818. The molecule has 1 N–H and O–H groups in total. The van der Waals surface area contributed by atoms with Crippen LogP contribution in [0.25, 0.3) is 0 Å². The second kappa shape index (κ2) is 5.94. The summed E-state index contributed by atoms with van der Waals surface area (Å²) in [4.78, 5) is 11.6. The van der Waals surface area contributed by atoms with Crippen LogP contribution in [0.1, 0.15) is 47.5 Å². The first kappa shape index (κ1) is 14.2. The van der Waals surface area contributed by atoms with E-state index in [-0.39, 0.29) is 11.3 Å². The average Bonchev–Trinajstić information content (AvgIpc) is 1.99. The molecule has 0 spiro atoms. The van der Waals surface area contributed by atoms with Gasteiger partial charge in [0.15, 0.2) is 0 Å². The summed E-state index contributed by atoms with van der Waals surface area (Å²) in [5, 5.41) is 2.90. The first-order chi connectivity index (χ1) is 6.72. The molecular weight excluding hydrogens is 186 g/mol. The van der Waals surface area contributed by atoms with Gasteiger partial charge in [-0.3, -0.25) is 4.79 Å². The molecule has 0 aliphatic carbocycles. The van der Waals surface area contributed by atoms with Crippen molar-refractivity contribution in [2.75, 3.05) is 6.54 Å². The van der Waals surface area contributed by atoms with Crippen LogP contribution in [0, 0.1) is 11.3 Å². The Hall–Kier alpha value is -0.790. The molecule has 0 heterocycles. The predicted octanol–water partition coefficient (Wildman–Crippen LogP) is 3.14. The number of rotatable bonds is 5. The standard InChI is InChI=1S/C13H25NO/c1-10(2)7-8-14-12(15)11(3)9-13(4,5)6/h10H,3,7-9H2,1-2,4-6H3,(H,14,15). The molecule has 0 fully saturated rings. The van der Waals surface area contributed by atoms with E-state index in [4.69, 9.17) is 0 Å². The van der Waals surface area contributed by atoms with Crippen molar-refractivity contribution in [1.29, 1.82) is 0 Å². The second-order valence-electron chi connectivity index (χ2n) is 5.78. The first-order valence-corrected chi connectivity index (χ1v) is 5.68. The lowest BCUT2D eigenvalue weighted by Gasteiger charge is -2.19. The van der Waals surface area contributed by atoms with Crippen molar-refractivity contribution < 1.29 is 4.79 Å². The highest BCUT2D eigenvalue weighted by atomic mass is 16.1. The fraction of sp³-hybridized carbons (Fsp3) is 0.769. The summed E-state index contributed by atoms with van der Waals surface area (Å²) >= 11 is 0. The van der Waals surface area contributed by atoms with Gasteiger partial charge in [-0.2, -0.15) is 0 Å². The van der Waals surface area contributed by atoms with Gasteiger partial charge in [0.25, 0.3) is 0 Å². The van der Waals surface area contributed by atoms with Crippen molar-refractivity contribution in [3.05, 3.63) is 12.2 Å². The monoisotopic (exact) mass is 211 g/mol. The van der Waals surface area contributed by atoms with Gasteiger partial charge in [0.2, 0.25) is 5.91 Å². The largest absolute Gasteiger partial charge is 0.352 e. The zero-order chi connectivity index (χ0) is 12.1. The van der Waals surface area contributed by atoms with E-state index in [0.717, 1.165) is 19.4 Å². The van der Waals surface area contributed by atoms with Gasteiger partial charge < -0.3 is 5.32 Å². The van der Waals surface area contributed by atoms with Crippen molar-refractivity contribution in [2.24, 2.45) is 11.3 Å². The Morgan fingerprint density at radius 1 is 1.33 bits per heavy atom. The van der Waals surface area contributed by atoms with Crippen molar-refractivity contribution in [3.8, 4) is 0 Å². The third kappa shape index (κ3) is 8.22. The topological polar surface area (TPSA) is 29.1 Å². The molecule has 0 unspecified atom stereocenters. The summed E-state index contributed by atoms with van der Waals surface area (Å²) in [6.45, 7) is 15.2. The van der Waals surface area contributed by atoms with E-state index < -0.39 is 0 Å². The zero-order valence-corrected chi connectivity index (χ0v) is 10.8. The molecule has 0 saturated heterocycles. The molecule has 0 atom stereocenters. The van der Waals surface area contributed by atoms with Gasteiger partial charge in [0, 0.05) is 12.1 Å². The highest BCUT2D eigenvalue weighted by molar-refractivity contribution is 5.92. The smallest absolute Gasteiger partial charge is 0.246 e. The summed E-state index contributed by atoms with van der Waals surface area (Å²) in [6.07, 6.45) is 1.77. The van der Waals surface area contributed by atoms with Crippen molar-refractivity contribution in [3.63, 3.8) is 0 Å². The quantitative estimate of drug-likeness (QED) is 0.695. The Bertz CT molecular complexity index is 223. The number of carbonyl (C=O) groups excluding carboxylic acids is 1. The predicted molar refractivity (Wildman–Crippen MR) is 65.7 cm³/mol. The van der Waals surface area contributed by atoms with E-state index >= 15 is 0 Å². The maximum absolute atomic E-state index is 11.6. The summed E-state index contributed by atoms with van der Waals surface area (Å²) < 4.78 is 0. The van der Waals surface area contributed by atoms with Crippen LogP contribution in [0.4, 0.5) is 0 Å². The van der Waals surface area contributed by atoms with Crippen LogP contribution >= 0.6 is 0 Å². The van der Waals surface area contributed by atoms with Crippen LogP contribution in [0.3, 0.4) is 0 Å². The Morgan fingerprint density at radius 3 is 2.27 bits per heavy atom. The summed E-state index contributed by atoms with van der Waals surface area (Å²) in [7, 11) is 0. The average molecular weight is 211 g/mol. The minimum atomic E-state index is 0.00516. The van der Waals surface area contributed by atoms with Crippen molar-refractivity contribution >= 4 is 5.91 Å². The highest BCUT2D eigenvalue weighted by Gasteiger charge is 2.16. The number of hydrogen-bond donors (Lipinski definition) is 1. The van der Waals surface area contributed by atoms with Crippen molar-refractivity contribution in [1.82, 2.24) is 5.32 Å². The maximum atomic E-state index is 11.6. The molecule has 88 valence electrons. The summed E-state index contributed by atoms with van der Waals surface area (Å²) in [6, 6.07) is 0. The minimum absolute atomic E-state index is 0.00516. The van der Waals surface area contributed by atoms with E-state index in [1.807, 2.05) is 0 Å². The molecule has 0 aromatic carbocycles. The fourth-order valence-electron chi connectivity index (χ4n) is 1.32. The van der Waals surface area contributed by atoms with Crippen LogP contribution in [0.5, 0.6) is 0 Å². The van der Waals surface area contributed by atoms with Gasteiger partial charge in [-0.05, 0) is 24.2 Å². The van der Waals surface area contributed by atoms with Gasteiger partial charge >= 0.3 is 0 Å². The molecular formula is C13H25NO. The van der Waals surface area contributed by atoms with Crippen LogP contribution in [0.2, 0.25) is 0 Å². The van der Waals surface area contributed by atoms with Gasteiger partial charge in [-0.25, -0.2) is 0 Å². The van der Waals surface area contributed by atoms with E-state index in [2.05, 4.69) is 46.5 Å². The molecule has 0 saturated carbocycles. The summed E-state index contributed by atoms with van der Waals surface area (Å²) in [5.74, 6) is 0.631. The van der Waals surface area contributed by atoms with Crippen molar-refractivity contribution in [2.45, 2.75) is 47.5 Å². The van der Waals surface area contributed by atoms with Gasteiger partial charge in [0.1, 0.15) is 0 Å². The lowest BCUT2D eigenvalue weighted by Crippen LogP contribution is -2.28. The molecule has 2 heteroatoms. The van der Waals surface area contributed by atoms with Gasteiger partial charge in [-0.1, -0.05) is 41.2 Å². The zero-order valence-electron chi connectivity index (χ0n) is 10.8. The second-order valence-corrected chi connectivity index (χ2v) is 5.78. The molecule has 1 amide bonds. The maximum Gasteiger partial charge on any atom is 0.246 e. The number of carbonyl (C=O) groups is 1.